The molecule has 0 unspecified atom stereocenters. The molecule has 1 amide bonds. The van der Waals surface area contributed by atoms with E-state index in [9.17, 15) is 4.79 Å². The topological polar surface area (TPSA) is 32.3 Å². The Morgan fingerprint density at radius 1 is 1.44 bits per heavy atom. The highest BCUT2D eigenvalue weighted by Crippen LogP contribution is 2.16. The second-order valence-corrected chi connectivity index (χ2v) is 6.62. The number of rotatable bonds is 4. The Morgan fingerprint density at radius 3 is 2.78 bits per heavy atom. The van der Waals surface area contributed by atoms with Crippen LogP contribution in [0.15, 0.2) is 12.1 Å². The van der Waals surface area contributed by atoms with Gasteiger partial charge in [0.05, 0.1) is 13.1 Å². The van der Waals surface area contributed by atoms with E-state index in [1.807, 2.05) is 0 Å². The molecule has 100 valence electrons. The van der Waals surface area contributed by atoms with Gasteiger partial charge in [-0.1, -0.05) is 6.92 Å². The minimum absolute atomic E-state index is 0.149. The number of aryl methyl sites for hydroxylation is 1. The number of nitrogens with zero attached hydrogens (tertiary/aromatic N) is 1. The molecule has 3 nitrogen and oxygen atoms in total. The van der Waals surface area contributed by atoms with Gasteiger partial charge in [0.25, 0.3) is 0 Å². The van der Waals surface area contributed by atoms with E-state index >= 15 is 0 Å². The first-order chi connectivity index (χ1) is 8.63. The number of hydrogen-bond donors (Lipinski definition) is 1. The third-order valence-corrected chi connectivity index (χ3v) is 4.50. The second-order valence-electron chi connectivity index (χ2n) is 5.25. The summed E-state index contributed by atoms with van der Waals surface area (Å²) in [6, 6.07) is 4.18. The fourth-order valence-electron chi connectivity index (χ4n) is 2.25. The molecule has 0 aromatic carbocycles. The van der Waals surface area contributed by atoms with Gasteiger partial charge in [-0.25, -0.2) is 0 Å². The molecule has 0 spiro atoms. The molecule has 0 atom stereocenters. The quantitative estimate of drug-likeness (QED) is 0.907. The van der Waals surface area contributed by atoms with Crippen molar-refractivity contribution in [3.8, 4) is 0 Å². The van der Waals surface area contributed by atoms with Crippen LogP contribution in [0.3, 0.4) is 0 Å². The van der Waals surface area contributed by atoms with Crippen molar-refractivity contribution in [2.45, 2.75) is 33.2 Å². The van der Waals surface area contributed by atoms with E-state index in [0.717, 1.165) is 19.0 Å². The van der Waals surface area contributed by atoms with Crippen LogP contribution >= 0.6 is 11.3 Å². The molecule has 0 saturated carbocycles. The van der Waals surface area contributed by atoms with Crippen molar-refractivity contribution in [3.63, 3.8) is 0 Å². The van der Waals surface area contributed by atoms with Gasteiger partial charge in [-0.2, -0.15) is 0 Å². The number of hydrogen-bond acceptors (Lipinski definition) is 3. The Labute approximate surface area is 113 Å². The first-order valence-corrected chi connectivity index (χ1v) is 7.49. The molecule has 0 aliphatic carbocycles. The van der Waals surface area contributed by atoms with E-state index in [1.165, 1.54) is 22.6 Å². The van der Waals surface area contributed by atoms with Crippen LogP contribution in [0.25, 0.3) is 0 Å². The van der Waals surface area contributed by atoms with Crippen molar-refractivity contribution in [2.75, 3.05) is 19.6 Å². The lowest BCUT2D eigenvalue weighted by Gasteiger charge is -2.29. The summed E-state index contributed by atoms with van der Waals surface area (Å²) in [4.78, 5) is 16.6. The summed E-state index contributed by atoms with van der Waals surface area (Å²) in [6.07, 6.45) is 2.44. The van der Waals surface area contributed by atoms with Crippen molar-refractivity contribution in [2.24, 2.45) is 5.92 Å². The number of carbonyl (C=O) groups excluding carboxylic acids is 1. The summed E-state index contributed by atoms with van der Waals surface area (Å²) in [6.45, 7) is 7.72. The van der Waals surface area contributed by atoms with E-state index < -0.39 is 0 Å². The number of nitrogens with one attached hydrogen (secondary N) is 1. The molecular formula is C14H22N2OS. The van der Waals surface area contributed by atoms with Crippen molar-refractivity contribution in [1.82, 2.24) is 10.2 Å². The number of likely N-dealkylation sites (tertiary alicyclic amines) is 1. The highest BCUT2D eigenvalue weighted by Gasteiger charge is 2.17. The van der Waals surface area contributed by atoms with Crippen LogP contribution in [0.5, 0.6) is 0 Å². The van der Waals surface area contributed by atoms with Gasteiger partial charge in [-0.3, -0.25) is 9.69 Å². The maximum absolute atomic E-state index is 11.8. The summed E-state index contributed by atoms with van der Waals surface area (Å²) in [5, 5.41) is 3.00. The molecule has 1 saturated heterocycles. The lowest BCUT2D eigenvalue weighted by Crippen LogP contribution is -2.40. The highest BCUT2D eigenvalue weighted by molar-refractivity contribution is 7.11. The maximum Gasteiger partial charge on any atom is 0.234 e. The third-order valence-electron chi connectivity index (χ3n) is 3.50. The number of carbonyl (C=O) groups is 1. The third kappa shape index (κ3) is 4.10. The highest BCUT2D eigenvalue weighted by atomic mass is 32.1. The van der Waals surface area contributed by atoms with Gasteiger partial charge in [-0.15, -0.1) is 11.3 Å². The van der Waals surface area contributed by atoms with Crippen LogP contribution in [0, 0.1) is 12.8 Å². The molecule has 1 N–H and O–H groups in total. The summed E-state index contributed by atoms with van der Waals surface area (Å²) >= 11 is 1.75. The average molecular weight is 266 g/mol. The van der Waals surface area contributed by atoms with Crippen LogP contribution in [-0.2, 0) is 11.3 Å². The van der Waals surface area contributed by atoms with Crippen LogP contribution < -0.4 is 5.32 Å². The Morgan fingerprint density at radius 2 is 2.17 bits per heavy atom. The van der Waals surface area contributed by atoms with Crippen LogP contribution in [0.4, 0.5) is 0 Å². The number of piperidine rings is 1. The molecule has 1 aromatic heterocycles. The molecule has 4 heteroatoms. The number of thiophene rings is 1. The predicted molar refractivity (Wildman–Crippen MR) is 75.7 cm³/mol. The van der Waals surface area contributed by atoms with E-state index in [4.69, 9.17) is 0 Å². The molecule has 18 heavy (non-hydrogen) atoms. The first kappa shape index (κ1) is 13.6. The van der Waals surface area contributed by atoms with Gasteiger partial charge >= 0.3 is 0 Å². The summed E-state index contributed by atoms with van der Waals surface area (Å²) < 4.78 is 0. The number of amides is 1. The van der Waals surface area contributed by atoms with Crippen molar-refractivity contribution >= 4 is 17.2 Å². The van der Waals surface area contributed by atoms with E-state index in [-0.39, 0.29) is 5.91 Å². The molecule has 2 rings (SSSR count). The smallest absolute Gasteiger partial charge is 0.234 e. The largest absolute Gasteiger partial charge is 0.350 e. The van der Waals surface area contributed by atoms with E-state index in [0.29, 0.717) is 13.1 Å². The zero-order valence-corrected chi connectivity index (χ0v) is 12.1. The zero-order valence-electron chi connectivity index (χ0n) is 11.2. The predicted octanol–water partition coefficient (Wildman–Crippen LogP) is 2.40. The normalized spacial score (nSPS) is 17.9. The van der Waals surface area contributed by atoms with Crippen molar-refractivity contribution in [3.05, 3.63) is 21.9 Å². The molecule has 2 heterocycles. The molecule has 0 radical (unpaired) electrons. The molecule has 1 aliphatic heterocycles. The fraction of sp³-hybridized carbons (Fsp3) is 0.643. The van der Waals surface area contributed by atoms with E-state index in [1.54, 1.807) is 11.3 Å². The first-order valence-electron chi connectivity index (χ1n) is 6.68. The Bertz CT molecular complexity index is 394. The average Bonchev–Trinajstić information content (AvgIpc) is 2.76. The standard InChI is InChI=1S/C14H22N2OS/c1-11-5-7-16(8-6-11)10-14(17)15-9-13-4-3-12(2)18-13/h3-4,11H,5-10H2,1-2H3,(H,15,17). The van der Waals surface area contributed by atoms with Crippen LogP contribution in [0.2, 0.25) is 0 Å². The summed E-state index contributed by atoms with van der Waals surface area (Å²) in [5.41, 5.74) is 0. The summed E-state index contributed by atoms with van der Waals surface area (Å²) in [5.74, 6) is 0.967. The molecule has 0 bridgehead atoms. The molecule has 1 fully saturated rings. The van der Waals surface area contributed by atoms with Gasteiger partial charge in [0.2, 0.25) is 5.91 Å². The Kier molecular flexibility index (Phi) is 4.78. The minimum atomic E-state index is 0.149. The fourth-order valence-corrected chi connectivity index (χ4v) is 3.08. The van der Waals surface area contributed by atoms with Crippen molar-refractivity contribution in [1.29, 1.82) is 0 Å². The molecule has 1 aliphatic rings. The van der Waals surface area contributed by atoms with Gasteiger partial charge in [0, 0.05) is 9.75 Å². The Balaban J connectivity index is 1.69. The summed E-state index contributed by atoms with van der Waals surface area (Å²) in [7, 11) is 0. The van der Waals surface area contributed by atoms with Crippen LogP contribution in [-0.4, -0.2) is 30.4 Å². The molecular weight excluding hydrogens is 244 g/mol. The van der Waals surface area contributed by atoms with Gasteiger partial charge in [0.1, 0.15) is 0 Å². The van der Waals surface area contributed by atoms with Gasteiger partial charge < -0.3 is 5.32 Å². The SMILES string of the molecule is Cc1ccc(CNC(=O)CN2CCC(C)CC2)s1. The van der Waals surface area contributed by atoms with E-state index in [2.05, 4.69) is 36.2 Å². The lowest BCUT2D eigenvalue weighted by atomic mass is 9.99. The van der Waals surface area contributed by atoms with Crippen molar-refractivity contribution < 1.29 is 4.79 Å². The lowest BCUT2D eigenvalue weighted by molar-refractivity contribution is -0.122. The van der Waals surface area contributed by atoms with Gasteiger partial charge in [-0.05, 0) is 50.9 Å². The molecule has 1 aromatic rings. The Hall–Kier alpha value is -0.870. The zero-order chi connectivity index (χ0) is 13.0. The van der Waals surface area contributed by atoms with Gasteiger partial charge in [0.15, 0.2) is 0 Å². The minimum Gasteiger partial charge on any atom is -0.350 e. The van der Waals surface area contributed by atoms with Crippen LogP contribution in [0.1, 0.15) is 29.5 Å². The monoisotopic (exact) mass is 266 g/mol. The maximum atomic E-state index is 11.8. The second kappa shape index (κ2) is 6.34.